The Morgan fingerprint density at radius 2 is 1.76 bits per heavy atom. The number of rotatable bonds is 9. The van der Waals surface area contributed by atoms with Gasteiger partial charge in [-0.2, -0.15) is 0 Å². The summed E-state index contributed by atoms with van der Waals surface area (Å²) in [5.74, 6) is -0.420. The number of amides is 2. The average molecular weight is 483 g/mol. The molecule has 10 heteroatoms. The monoisotopic (exact) mass is 482 g/mol. The molecule has 0 saturated carbocycles. The molecule has 0 fully saturated rings. The Bertz CT molecular complexity index is 1250. The van der Waals surface area contributed by atoms with Crippen LogP contribution < -0.4 is 19.7 Å². The Morgan fingerprint density at radius 3 is 2.38 bits per heavy atom. The molecule has 2 N–H and O–H groups in total. The number of nitrogens with zero attached hydrogens (tertiary/aromatic N) is 2. The van der Waals surface area contributed by atoms with Crippen LogP contribution in [0.25, 0.3) is 0 Å². The van der Waals surface area contributed by atoms with Crippen LogP contribution in [0.5, 0.6) is 5.75 Å². The van der Waals surface area contributed by atoms with Crippen molar-refractivity contribution >= 4 is 33.2 Å². The van der Waals surface area contributed by atoms with Gasteiger partial charge in [0.15, 0.2) is 0 Å². The number of hydrogen-bond donors (Lipinski definition) is 2. The van der Waals surface area contributed by atoms with Gasteiger partial charge in [0, 0.05) is 18.9 Å². The molecule has 1 heterocycles. The number of para-hydroxylation sites is 1. The molecule has 0 spiro atoms. The molecule has 1 aromatic heterocycles. The van der Waals surface area contributed by atoms with E-state index in [4.69, 9.17) is 4.74 Å². The number of methoxy groups -OCH3 is 1. The molecule has 34 heavy (non-hydrogen) atoms. The molecule has 3 rings (SSSR count). The number of sulfonamides is 1. The van der Waals surface area contributed by atoms with E-state index >= 15 is 0 Å². The maximum absolute atomic E-state index is 13.1. The highest BCUT2D eigenvalue weighted by Gasteiger charge is 2.29. The van der Waals surface area contributed by atoms with Gasteiger partial charge < -0.3 is 15.4 Å². The van der Waals surface area contributed by atoms with Crippen LogP contribution in [0, 0.1) is 0 Å². The number of carbonyl (C=O) groups is 2. The Labute approximate surface area is 198 Å². The molecule has 3 aromatic rings. The Morgan fingerprint density at radius 1 is 1.06 bits per heavy atom. The molecule has 9 nitrogen and oxygen atoms in total. The van der Waals surface area contributed by atoms with Gasteiger partial charge in [0.1, 0.15) is 11.8 Å². The summed E-state index contributed by atoms with van der Waals surface area (Å²) in [6.07, 6.45) is 4.32. The zero-order valence-corrected chi connectivity index (χ0v) is 19.9. The van der Waals surface area contributed by atoms with Crippen LogP contribution in [-0.4, -0.2) is 44.6 Å². The summed E-state index contributed by atoms with van der Waals surface area (Å²) in [7, 11) is -2.29. The molecule has 1 atom stereocenters. The van der Waals surface area contributed by atoms with Gasteiger partial charge in [0.25, 0.3) is 5.91 Å². The maximum Gasteiger partial charge on any atom is 0.253 e. The number of hydrogen-bond acceptors (Lipinski definition) is 6. The van der Waals surface area contributed by atoms with Crippen LogP contribution in [0.15, 0.2) is 73.1 Å². The van der Waals surface area contributed by atoms with E-state index < -0.39 is 22.0 Å². The standard InChI is InChI=1S/C24H26N4O5S/c1-17(28(34(3,31)32)19-10-12-20(33-2)13-11-19)23(29)27-22-9-5-4-8-21(22)24(30)26-16-18-7-6-14-25-15-18/h4-15,17H,16H2,1-3H3,(H,26,30)(H,27,29)/t17-/m0/s1. The van der Waals surface area contributed by atoms with E-state index in [-0.39, 0.29) is 23.7 Å². The van der Waals surface area contributed by atoms with Gasteiger partial charge >= 0.3 is 0 Å². The Kier molecular flexibility index (Phi) is 7.85. The topological polar surface area (TPSA) is 118 Å². The molecule has 178 valence electrons. The predicted molar refractivity (Wildman–Crippen MR) is 130 cm³/mol. The third kappa shape index (κ3) is 6.10. The average Bonchev–Trinajstić information content (AvgIpc) is 2.83. The van der Waals surface area contributed by atoms with Gasteiger partial charge in [-0.1, -0.05) is 18.2 Å². The minimum Gasteiger partial charge on any atom is -0.497 e. The second kappa shape index (κ2) is 10.8. The lowest BCUT2D eigenvalue weighted by Crippen LogP contribution is -2.45. The fourth-order valence-corrected chi connectivity index (χ4v) is 4.52. The SMILES string of the molecule is COc1ccc(N([C@@H](C)C(=O)Nc2ccccc2C(=O)NCc2cccnc2)S(C)(=O)=O)cc1. The predicted octanol–water partition coefficient (Wildman–Crippen LogP) is 2.81. The van der Waals surface area contributed by atoms with Crippen LogP contribution in [0.1, 0.15) is 22.8 Å². The van der Waals surface area contributed by atoms with Crippen molar-refractivity contribution < 1.29 is 22.7 Å². The van der Waals surface area contributed by atoms with E-state index in [0.29, 0.717) is 11.4 Å². The van der Waals surface area contributed by atoms with Gasteiger partial charge in [-0.05, 0) is 55.0 Å². The fraction of sp³-hybridized carbons (Fsp3) is 0.208. The van der Waals surface area contributed by atoms with E-state index in [1.807, 2.05) is 6.07 Å². The summed E-state index contributed by atoms with van der Waals surface area (Å²) in [5.41, 5.74) is 1.66. The van der Waals surface area contributed by atoms with Gasteiger partial charge in [-0.15, -0.1) is 0 Å². The minimum absolute atomic E-state index is 0.252. The van der Waals surface area contributed by atoms with E-state index in [1.54, 1.807) is 67.0 Å². The molecule has 0 aliphatic rings. The second-order valence-electron chi connectivity index (χ2n) is 7.51. The van der Waals surface area contributed by atoms with Crippen LogP contribution in [-0.2, 0) is 21.4 Å². The normalized spacial score (nSPS) is 11.9. The van der Waals surface area contributed by atoms with Crippen molar-refractivity contribution in [1.82, 2.24) is 10.3 Å². The van der Waals surface area contributed by atoms with E-state index in [9.17, 15) is 18.0 Å². The van der Waals surface area contributed by atoms with Crippen molar-refractivity contribution in [2.45, 2.75) is 19.5 Å². The smallest absolute Gasteiger partial charge is 0.253 e. The first-order valence-corrected chi connectivity index (χ1v) is 12.3. The summed E-state index contributed by atoms with van der Waals surface area (Å²) < 4.78 is 31.2. The molecule has 2 aromatic carbocycles. The maximum atomic E-state index is 13.1. The third-order valence-corrected chi connectivity index (χ3v) is 6.26. The van der Waals surface area contributed by atoms with Crippen LogP contribution >= 0.6 is 0 Å². The highest BCUT2D eigenvalue weighted by molar-refractivity contribution is 7.92. The zero-order chi connectivity index (χ0) is 24.7. The van der Waals surface area contributed by atoms with Crippen molar-refractivity contribution in [2.24, 2.45) is 0 Å². The number of ether oxygens (including phenoxy) is 1. The Balaban J connectivity index is 1.79. The lowest BCUT2D eigenvalue weighted by atomic mass is 10.1. The van der Waals surface area contributed by atoms with E-state index in [0.717, 1.165) is 16.1 Å². The third-order valence-electron chi connectivity index (χ3n) is 5.02. The highest BCUT2D eigenvalue weighted by Crippen LogP contribution is 2.25. The summed E-state index contributed by atoms with van der Waals surface area (Å²) in [6, 6.07) is 15.4. The molecular formula is C24H26N4O5S. The number of aromatic nitrogens is 1. The van der Waals surface area contributed by atoms with Crippen LogP contribution in [0.4, 0.5) is 11.4 Å². The lowest BCUT2D eigenvalue weighted by Gasteiger charge is -2.28. The van der Waals surface area contributed by atoms with E-state index in [1.165, 1.54) is 14.0 Å². The first-order chi connectivity index (χ1) is 16.2. The quantitative estimate of drug-likeness (QED) is 0.484. The minimum atomic E-state index is -3.79. The highest BCUT2D eigenvalue weighted by atomic mass is 32.2. The van der Waals surface area contributed by atoms with Gasteiger partial charge in [0.05, 0.1) is 30.3 Å². The van der Waals surface area contributed by atoms with Crippen molar-refractivity contribution in [3.8, 4) is 5.75 Å². The van der Waals surface area contributed by atoms with Crippen LogP contribution in [0.2, 0.25) is 0 Å². The van der Waals surface area contributed by atoms with Crippen molar-refractivity contribution in [1.29, 1.82) is 0 Å². The summed E-state index contributed by atoms with van der Waals surface area (Å²) in [5, 5.41) is 5.48. The number of carbonyl (C=O) groups excluding carboxylic acids is 2. The zero-order valence-electron chi connectivity index (χ0n) is 19.1. The molecule has 0 saturated heterocycles. The summed E-state index contributed by atoms with van der Waals surface area (Å²) in [4.78, 5) is 29.8. The van der Waals surface area contributed by atoms with Crippen molar-refractivity contribution in [3.63, 3.8) is 0 Å². The molecule has 0 radical (unpaired) electrons. The fourth-order valence-electron chi connectivity index (χ4n) is 3.35. The lowest BCUT2D eigenvalue weighted by molar-refractivity contribution is -0.116. The van der Waals surface area contributed by atoms with Crippen molar-refractivity contribution in [2.75, 3.05) is 23.0 Å². The Hall–Kier alpha value is -3.92. The molecule has 0 aliphatic carbocycles. The molecule has 0 unspecified atom stereocenters. The van der Waals surface area contributed by atoms with Crippen molar-refractivity contribution in [3.05, 3.63) is 84.2 Å². The number of pyridine rings is 1. The first-order valence-electron chi connectivity index (χ1n) is 10.4. The molecule has 0 bridgehead atoms. The van der Waals surface area contributed by atoms with Gasteiger partial charge in [-0.3, -0.25) is 18.9 Å². The molecule has 2 amide bonds. The first kappa shape index (κ1) is 24.7. The van der Waals surface area contributed by atoms with Gasteiger partial charge in [-0.25, -0.2) is 8.42 Å². The van der Waals surface area contributed by atoms with Crippen LogP contribution in [0.3, 0.4) is 0 Å². The largest absolute Gasteiger partial charge is 0.497 e. The summed E-state index contributed by atoms with van der Waals surface area (Å²) >= 11 is 0. The number of benzene rings is 2. The second-order valence-corrected chi connectivity index (χ2v) is 9.37. The number of anilines is 2. The summed E-state index contributed by atoms with van der Waals surface area (Å²) in [6.45, 7) is 1.75. The molecular weight excluding hydrogens is 456 g/mol. The number of nitrogens with one attached hydrogen (secondary N) is 2. The van der Waals surface area contributed by atoms with E-state index in [2.05, 4.69) is 15.6 Å². The molecule has 0 aliphatic heterocycles. The van der Waals surface area contributed by atoms with Gasteiger partial charge in [0.2, 0.25) is 15.9 Å².